The Bertz CT molecular complexity index is 830. The second-order valence-corrected chi connectivity index (χ2v) is 6.80. The van der Waals surface area contributed by atoms with Crippen LogP contribution in [0, 0.1) is 6.92 Å². The first-order valence-corrected chi connectivity index (χ1v) is 8.41. The molecule has 0 radical (unpaired) electrons. The summed E-state index contributed by atoms with van der Waals surface area (Å²) in [7, 11) is 4.05. The first-order chi connectivity index (χ1) is 11.6. The summed E-state index contributed by atoms with van der Waals surface area (Å²) in [5, 5.41) is 10.9. The lowest BCUT2D eigenvalue weighted by molar-refractivity contribution is -0.116. The van der Waals surface area contributed by atoms with E-state index in [1.807, 2.05) is 21.0 Å². The molecule has 124 valence electrons. The first kappa shape index (κ1) is 15.0. The van der Waals surface area contributed by atoms with E-state index in [0.717, 1.165) is 46.7 Å². The highest BCUT2D eigenvalue weighted by Crippen LogP contribution is 2.45. The third kappa shape index (κ3) is 2.23. The van der Waals surface area contributed by atoms with Crippen molar-refractivity contribution in [1.29, 1.82) is 0 Å². The number of rotatable bonds is 2. The number of carbonyl (C=O) groups excluding carboxylic acids is 1. The molecule has 5 heteroatoms. The van der Waals surface area contributed by atoms with Gasteiger partial charge >= 0.3 is 0 Å². The van der Waals surface area contributed by atoms with Gasteiger partial charge in [0.25, 0.3) is 0 Å². The molecule has 0 fully saturated rings. The van der Waals surface area contributed by atoms with Gasteiger partial charge in [-0.1, -0.05) is 12.1 Å². The summed E-state index contributed by atoms with van der Waals surface area (Å²) >= 11 is 0. The fraction of sp³-hybridized carbons (Fsp3) is 0.368. The zero-order chi connectivity index (χ0) is 16.8. The lowest BCUT2D eigenvalue weighted by atomic mass is 9.78. The fourth-order valence-corrected chi connectivity index (χ4v) is 3.78. The van der Waals surface area contributed by atoms with Gasteiger partial charge in [0, 0.05) is 43.0 Å². The van der Waals surface area contributed by atoms with E-state index in [0.29, 0.717) is 6.42 Å². The third-order valence-electron chi connectivity index (χ3n) is 5.02. The molecule has 2 heterocycles. The van der Waals surface area contributed by atoms with Gasteiger partial charge in [0.15, 0.2) is 11.6 Å². The molecule has 0 unspecified atom stereocenters. The Morgan fingerprint density at radius 2 is 1.92 bits per heavy atom. The molecule has 4 rings (SSSR count). The van der Waals surface area contributed by atoms with E-state index in [1.165, 1.54) is 5.57 Å². The molecule has 1 aliphatic heterocycles. The Kier molecular flexibility index (Phi) is 3.44. The lowest BCUT2D eigenvalue weighted by Crippen LogP contribution is -2.27. The number of aromatic amines is 1. The number of aromatic nitrogens is 2. The molecule has 24 heavy (non-hydrogen) atoms. The number of hydrogen-bond acceptors (Lipinski definition) is 4. The molecule has 0 amide bonds. The molecule has 0 saturated heterocycles. The second kappa shape index (κ2) is 5.51. The molecule has 2 aromatic rings. The van der Waals surface area contributed by atoms with Crippen molar-refractivity contribution in [3.63, 3.8) is 0 Å². The maximum atomic E-state index is 12.7. The van der Waals surface area contributed by atoms with E-state index in [1.54, 1.807) is 0 Å². The Hall–Kier alpha value is -2.56. The molecule has 2 aliphatic rings. The summed E-state index contributed by atoms with van der Waals surface area (Å²) < 4.78 is 0. The van der Waals surface area contributed by atoms with E-state index in [9.17, 15) is 4.79 Å². The first-order valence-electron chi connectivity index (χ1n) is 8.41. The third-order valence-corrected chi connectivity index (χ3v) is 5.02. The topological polar surface area (TPSA) is 61.0 Å². The van der Waals surface area contributed by atoms with Crippen LogP contribution < -0.4 is 10.2 Å². The maximum Gasteiger partial charge on any atom is 0.161 e. The molecule has 5 nitrogen and oxygen atoms in total. The smallest absolute Gasteiger partial charge is 0.161 e. The lowest BCUT2D eigenvalue weighted by Gasteiger charge is -2.32. The highest BCUT2D eigenvalue weighted by Gasteiger charge is 2.36. The Morgan fingerprint density at radius 1 is 1.17 bits per heavy atom. The van der Waals surface area contributed by atoms with E-state index in [-0.39, 0.29) is 11.8 Å². The van der Waals surface area contributed by atoms with Gasteiger partial charge in [-0.3, -0.25) is 9.89 Å². The van der Waals surface area contributed by atoms with Crippen LogP contribution in [0.25, 0.3) is 5.57 Å². The van der Waals surface area contributed by atoms with Crippen molar-refractivity contribution < 1.29 is 4.79 Å². The molecule has 0 spiro atoms. The van der Waals surface area contributed by atoms with Gasteiger partial charge in [-0.05, 0) is 43.0 Å². The van der Waals surface area contributed by atoms with Gasteiger partial charge < -0.3 is 10.2 Å². The van der Waals surface area contributed by atoms with Crippen LogP contribution in [0.3, 0.4) is 0 Å². The zero-order valence-electron chi connectivity index (χ0n) is 14.3. The second-order valence-electron chi connectivity index (χ2n) is 6.80. The number of nitrogens with one attached hydrogen (secondary N) is 2. The predicted molar refractivity (Wildman–Crippen MR) is 96.2 cm³/mol. The molecule has 1 aliphatic carbocycles. The number of H-pyrrole nitrogens is 1. The molecule has 0 bridgehead atoms. The Morgan fingerprint density at radius 3 is 2.62 bits per heavy atom. The van der Waals surface area contributed by atoms with Gasteiger partial charge in [0.1, 0.15) is 0 Å². The molecule has 1 aromatic carbocycles. The van der Waals surface area contributed by atoms with Gasteiger partial charge in [-0.2, -0.15) is 5.10 Å². The molecular formula is C19H22N4O. The molecule has 1 aromatic heterocycles. The van der Waals surface area contributed by atoms with Crippen LogP contribution in [0.1, 0.15) is 42.1 Å². The predicted octanol–water partition coefficient (Wildman–Crippen LogP) is 3.46. The van der Waals surface area contributed by atoms with Gasteiger partial charge in [0.2, 0.25) is 0 Å². The highest BCUT2D eigenvalue weighted by molar-refractivity contribution is 6.08. The number of Topliss-reactive ketones (excluding diaryl/α,β-unsaturated/α-hetero) is 1. The maximum absolute atomic E-state index is 12.7. The quantitative estimate of drug-likeness (QED) is 0.889. The number of hydrogen-bond donors (Lipinski definition) is 2. The van der Waals surface area contributed by atoms with Crippen molar-refractivity contribution in [2.45, 2.75) is 32.2 Å². The summed E-state index contributed by atoms with van der Waals surface area (Å²) in [6, 6.07) is 8.28. The van der Waals surface area contributed by atoms with Gasteiger partial charge in [-0.25, -0.2) is 0 Å². The number of anilines is 2. The van der Waals surface area contributed by atoms with Crippen LogP contribution in [0.2, 0.25) is 0 Å². The van der Waals surface area contributed by atoms with Crippen LogP contribution in [-0.2, 0) is 4.79 Å². The number of benzene rings is 1. The number of ketones is 1. The van der Waals surface area contributed by atoms with Crippen molar-refractivity contribution >= 4 is 22.9 Å². The van der Waals surface area contributed by atoms with Crippen molar-refractivity contribution in [3.8, 4) is 0 Å². The Balaban J connectivity index is 1.83. The zero-order valence-corrected chi connectivity index (χ0v) is 14.3. The van der Waals surface area contributed by atoms with Crippen LogP contribution in [0.4, 0.5) is 11.5 Å². The summed E-state index contributed by atoms with van der Waals surface area (Å²) in [5.74, 6) is 1.12. The number of nitrogens with zero attached hydrogens (tertiary/aromatic N) is 2. The van der Waals surface area contributed by atoms with E-state index in [2.05, 4.69) is 44.7 Å². The van der Waals surface area contributed by atoms with Crippen LogP contribution in [-0.4, -0.2) is 30.1 Å². The summed E-state index contributed by atoms with van der Waals surface area (Å²) in [5.41, 5.74) is 6.48. The minimum Gasteiger partial charge on any atom is -0.378 e. The number of aryl methyl sites for hydroxylation is 1. The summed E-state index contributed by atoms with van der Waals surface area (Å²) in [6.45, 7) is 2.02. The van der Waals surface area contributed by atoms with E-state index in [4.69, 9.17) is 0 Å². The van der Waals surface area contributed by atoms with Crippen molar-refractivity contribution in [3.05, 3.63) is 46.7 Å². The average Bonchev–Trinajstić information content (AvgIpc) is 2.96. The van der Waals surface area contributed by atoms with Crippen molar-refractivity contribution in [1.82, 2.24) is 10.2 Å². The normalized spacial score (nSPS) is 19.6. The van der Waals surface area contributed by atoms with Crippen molar-refractivity contribution in [2.24, 2.45) is 0 Å². The van der Waals surface area contributed by atoms with Crippen molar-refractivity contribution in [2.75, 3.05) is 24.3 Å². The number of carbonyl (C=O) groups is 1. The number of fused-ring (bicyclic) bond motifs is 2. The molecular weight excluding hydrogens is 300 g/mol. The van der Waals surface area contributed by atoms with E-state index >= 15 is 0 Å². The molecule has 0 saturated carbocycles. The van der Waals surface area contributed by atoms with Gasteiger partial charge in [0.05, 0.1) is 6.04 Å². The van der Waals surface area contributed by atoms with Crippen LogP contribution >= 0.6 is 0 Å². The van der Waals surface area contributed by atoms with E-state index < -0.39 is 0 Å². The SMILES string of the molecule is Cc1[nH]nc2c1C1=C(C(=O)CCC1)[C@H](c1ccc(N(C)C)cc1)N2. The summed E-state index contributed by atoms with van der Waals surface area (Å²) in [4.78, 5) is 14.8. The van der Waals surface area contributed by atoms with Gasteiger partial charge in [-0.15, -0.1) is 0 Å². The minimum atomic E-state index is -0.112. The monoisotopic (exact) mass is 322 g/mol. The summed E-state index contributed by atoms with van der Waals surface area (Å²) in [6.07, 6.45) is 2.51. The van der Waals surface area contributed by atoms with Crippen LogP contribution in [0.5, 0.6) is 0 Å². The highest BCUT2D eigenvalue weighted by atomic mass is 16.1. The minimum absolute atomic E-state index is 0.112. The average molecular weight is 322 g/mol. The largest absolute Gasteiger partial charge is 0.378 e. The van der Waals surface area contributed by atoms with Crippen LogP contribution in [0.15, 0.2) is 29.8 Å². The fourth-order valence-electron chi connectivity index (χ4n) is 3.78. The Labute approximate surface area is 141 Å². The number of allylic oxidation sites excluding steroid dienone is 1. The standard InChI is InChI=1S/C19H22N4O/c1-11-16-14-5-4-6-15(24)17(14)18(20-19(16)22-21-11)12-7-9-13(10-8-12)23(2)3/h7-10,18H,4-6H2,1-3H3,(H2,20,21,22)/t18-/m0/s1. The molecule has 1 atom stereocenters. The molecule has 2 N–H and O–H groups in total.